The SMILES string of the molecule is O=c1ccc(-c2cc3ccccc3s2)n[nH]1. The lowest BCUT2D eigenvalue weighted by Crippen LogP contribution is -2.04. The van der Waals surface area contributed by atoms with Crippen molar-refractivity contribution in [3.63, 3.8) is 0 Å². The average molecular weight is 228 g/mol. The van der Waals surface area contributed by atoms with Gasteiger partial charge in [-0.3, -0.25) is 4.79 Å². The van der Waals surface area contributed by atoms with Crippen LogP contribution < -0.4 is 5.56 Å². The van der Waals surface area contributed by atoms with E-state index in [0.29, 0.717) is 0 Å². The van der Waals surface area contributed by atoms with Crippen molar-refractivity contribution in [1.29, 1.82) is 0 Å². The lowest BCUT2D eigenvalue weighted by molar-refractivity contribution is 0.998. The van der Waals surface area contributed by atoms with E-state index in [4.69, 9.17) is 0 Å². The Labute approximate surface area is 95.4 Å². The van der Waals surface area contributed by atoms with Crippen LogP contribution in [0.4, 0.5) is 0 Å². The molecule has 2 heterocycles. The molecule has 3 aromatic rings. The second-order valence-corrected chi connectivity index (χ2v) is 4.54. The molecule has 0 unspecified atom stereocenters. The highest BCUT2D eigenvalue weighted by Gasteiger charge is 2.04. The summed E-state index contributed by atoms with van der Waals surface area (Å²) >= 11 is 1.67. The Morgan fingerprint density at radius 3 is 2.75 bits per heavy atom. The Morgan fingerprint density at radius 2 is 2.00 bits per heavy atom. The van der Waals surface area contributed by atoms with E-state index in [2.05, 4.69) is 28.4 Å². The lowest BCUT2D eigenvalue weighted by Gasteiger charge is -1.92. The molecule has 16 heavy (non-hydrogen) atoms. The maximum atomic E-state index is 10.9. The quantitative estimate of drug-likeness (QED) is 0.696. The van der Waals surface area contributed by atoms with Crippen molar-refractivity contribution < 1.29 is 0 Å². The van der Waals surface area contributed by atoms with Crippen LogP contribution in [0.3, 0.4) is 0 Å². The predicted octanol–water partition coefficient (Wildman–Crippen LogP) is 2.65. The number of hydrogen-bond acceptors (Lipinski definition) is 3. The van der Waals surface area contributed by atoms with Crippen molar-refractivity contribution in [2.45, 2.75) is 0 Å². The molecule has 0 atom stereocenters. The zero-order chi connectivity index (χ0) is 11.0. The van der Waals surface area contributed by atoms with E-state index in [0.717, 1.165) is 10.6 Å². The van der Waals surface area contributed by atoms with Crippen LogP contribution in [0.1, 0.15) is 0 Å². The zero-order valence-electron chi connectivity index (χ0n) is 8.31. The molecule has 0 radical (unpaired) electrons. The Morgan fingerprint density at radius 1 is 1.12 bits per heavy atom. The summed E-state index contributed by atoms with van der Waals surface area (Å²) in [6, 6.07) is 13.5. The fourth-order valence-corrected chi connectivity index (χ4v) is 2.62. The Bertz CT molecular complexity index is 646. The molecule has 1 N–H and O–H groups in total. The number of rotatable bonds is 1. The second-order valence-electron chi connectivity index (χ2n) is 3.45. The number of nitrogens with one attached hydrogen (secondary N) is 1. The van der Waals surface area contributed by atoms with Gasteiger partial charge in [-0.15, -0.1) is 11.3 Å². The standard InChI is InChI=1S/C12H8N2OS/c15-12-6-5-9(13-14-12)11-7-8-3-1-2-4-10(8)16-11/h1-7H,(H,14,15). The molecule has 0 bridgehead atoms. The molecular formula is C12H8N2OS. The van der Waals surface area contributed by atoms with Crippen LogP contribution in [-0.4, -0.2) is 10.2 Å². The summed E-state index contributed by atoms with van der Waals surface area (Å²) in [7, 11) is 0. The normalized spacial score (nSPS) is 10.8. The number of thiophene rings is 1. The van der Waals surface area contributed by atoms with Gasteiger partial charge in [-0.1, -0.05) is 18.2 Å². The van der Waals surface area contributed by atoms with Crippen molar-refractivity contribution in [1.82, 2.24) is 10.2 Å². The van der Waals surface area contributed by atoms with Gasteiger partial charge in [0.15, 0.2) is 0 Å². The largest absolute Gasteiger partial charge is 0.268 e. The molecule has 3 nitrogen and oxygen atoms in total. The number of benzene rings is 1. The molecule has 0 saturated heterocycles. The summed E-state index contributed by atoms with van der Waals surface area (Å²) in [6.07, 6.45) is 0. The number of fused-ring (bicyclic) bond motifs is 1. The third kappa shape index (κ3) is 1.53. The monoisotopic (exact) mass is 228 g/mol. The van der Waals surface area contributed by atoms with E-state index in [1.165, 1.54) is 16.2 Å². The first-order valence-corrected chi connectivity index (χ1v) is 5.69. The summed E-state index contributed by atoms with van der Waals surface area (Å²) in [5.74, 6) is 0. The van der Waals surface area contributed by atoms with Gasteiger partial charge in [-0.2, -0.15) is 5.10 Å². The molecule has 4 heteroatoms. The minimum Gasteiger partial charge on any atom is -0.268 e. The molecule has 3 rings (SSSR count). The summed E-state index contributed by atoms with van der Waals surface area (Å²) in [4.78, 5) is 12.0. The van der Waals surface area contributed by atoms with Gasteiger partial charge in [0.1, 0.15) is 5.69 Å². The maximum Gasteiger partial charge on any atom is 0.264 e. The van der Waals surface area contributed by atoms with Gasteiger partial charge in [-0.25, -0.2) is 5.10 Å². The van der Waals surface area contributed by atoms with Crippen molar-refractivity contribution in [2.75, 3.05) is 0 Å². The van der Waals surface area contributed by atoms with Gasteiger partial charge in [0.25, 0.3) is 5.56 Å². The molecule has 0 saturated carbocycles. The van der Waals surface area contributed by atoms with Crippen LogP contribution in [0.25, 0.3) is 20.7 Å². The van der Waals surface area contributed by atoms with E-state index in [1.807, 2.05) is 12.1 Å². The number of H-pyrrole nitrogens is 1. The topological polar surface area (TPSA) is 45.8 Å². The summed E-state index contributed by atoms with van der Waals surface area (Å²) in [6.45, 7) is 0. The minimum atomic E-state index is -0.176. The van der Waals surface area contributed by atoms with Gasteiger partial charge < -0.3 is 0 Å². The number of aromatic amines is 1. The fraction of sp³-hybridized carbons (Fsp3) is 0. The molecule has 0 aliphatic rings. The molecule has 0 amide bonds. The van der Waals surface area contributed by atoms with Crippen LogP contribution in [0.2, 0.25) is 0 Å². The highest BCUT2D eigenvalue weighted by molar-refractivity contribution is 7.22. The van der Waals surface area contributed by atoms with Gasteiger partial charge >= 0.3 is 0 Å². The number of aromatic nitrogens is 2. The smallest absolute Gasteiger partial charge is 0.264 e. The van der Waals surface area contributed by atoms with Crippen molar-refractivity contribution in [2.24, 2.45) is 0 Å². The van der Waals surface area contributed by atoms with Crippen molar-refractivity contribution >= 4 is 21.4 Å². The van der Waals surface area contributed by atoms with E-state index in [9.17, 15) is 4.79 Å². The maximum absolute atomic E-state index is 10.9. The molecule has 1 aromatic carbocycles. The van der Waals surface area contributed by atoms with Gasteiger partial charge in [0.2, 0.25) is 0 Å². The summed E-state index contributed by atoms with van der Waals surface area (Å²) in [5, 5.41) is 7.66. The molecule has 0 fully saturated rings. The molecular weight excluding hydrogens is 220 g/mol. The predicted molar refractivity (Wildman–Crippen MR) is 65.7 cm³/mol. The molecule has 78 valence electrons. The Hall–Kier alpha value is -1.94. The highest BCUT2D eigenvalue weighted by Crippen LogP contribution is 2.31. The third-order valence-corrected chi connectivity index (χ3v) is 3.50. The van der Waals surface area contributed by atoms with E-state index in [-0.39, 0.29) is 5.56 Å². The van der Waals surface area contributed by atoms with E-state index < -0.39 is 0 Å². The first kappa shape index (κ1) is 9.30. The minimum absolute atomic E-state index is 0.176. The van der Waals surface area contributed by atoms with Gasteiger partial charge in [0, 0.05) is 10.8 Å². The van der Waals surface area contributed by atoms with Crippen LogP contribution in [0.15, 0.2) is 47.3 Å². The zero-order valence-corrected chi connectivity index (χ0v) is 9.12. The number of nitrogens with zero attached hydrogens (tertiary/aromatic N) is 1. The van der Waals surface area contributed by atoms with Gasteiger partial charge in [-0.05, 0) is 23.6 Å². The van der Waals surface area contributed by atoms with E-state index in [1.54, 1.807) is 17.4 Å². The average Bonchev–Trinajstić information content (AvgIpc) is 2.73. The molecule has 0 spiro atoms. The van der Waals surface area contributed by atoms with Crippen LogP contribution in [0.5, 0.6) is 0 Å². The molecule has 0 aliphatic heterocycles. The van der Waals surface area contributed by atoms with Crippen molar-refractivity contribution in [3.8, 4) is 10.6 Å². The summed E-state index contributed by atoms with van der Waals surface area (Å²) < 4.78 is 1.23. The highest BCUT2D eigenvalue weighted by atomic mass is 32.1. The van der Waals surface area contributed by atoms with E-state index >= 15 is 0 Å². The number of hydrogen-bond donors (Lipinski definition) is 1. The molecule has 2 aromatic heterocycles. The van der Waals surface area contributed by atoms with Crippen LogP contribution in [-0.2, 0) is 0 Å². The molecule has 0 aliphatic carbocycles. The summed E-state index contributed by atoms with van der Waals surface area (Å²) in [5.41, 5.74) is 0.630. The Balaban J connectivity index is 2.19. The van der Waals surface area contributed by atoms with Gasteiger partial charge in [0.05, 0.1) is 4.88 Å². The Kier molecular flexibility index (Phi) is 2.08. The van der Waals surface area contributed by atoms with Crippen LogP contribution >= 0.6 is 11.3 Å². The van der Waals surface area contributed by atoms with Crippen LogP contribution in [0, 0.1) is 0 Å². The lowest BCUT2D eigenvalue weighted by atomic mass is 10.2. The second kappa shape index (κ2) is 3.57. The third-order valence-electron chi connectivity index (χ3n) is 2.36. The fourth-order valence-electron chi connectivity index (χ4n) is 1.59. The van der Waals surface area contributed by atoms with Crippen molar-refractivity contribution in [3.05, 3.63) is 52.8 Å². The first-order valence-electron chi connectivity index (χ1n) is 4.87. The first-order chi connectivity index (χ1) is 7.83.